The highest BCUT2D eigenvalue weighted by molar-refractivity contribution is 7.21. The van der Waals surface area contributed by atoms with Crippen LogP contribution in [0.15, 0.2) is 12.1 Å². The minimum Gasteiger partial charge on any atom is -0.397 e. The van der Waals surface area contributed by atoms with Crippen LogP contribution in [-0.4, -0.2) is 16.4 Å². The van der Waals surface area contributed by atoms with E-state index in [2.05, 4.69) is 17.2 Å². The summed E-state index contributed by atoms with van der Waals surface area (Å²) in [5, 5.41) is 3.91. The number of nitrogens with zero attached hydrogens (tertiary/aromatic N) is 1. The first-order valence-electron chi connectivity index (χ1n) is 6.82. The molecule has 0 atom stereocenters. The number of hydrogen-bond donors (Lipinski definition) is 2. The average Bonchev–Trinajstić information content (AvgIpc) is 2.65. The highest BCUT2D eigenvalue weighted by Gasteiger charge is 2.23. The van der Waals surface area contributed by atoms with E-state index in [0.29, 0.717) is 10.6 Å². The van der Waals surface area contributed by atoms with Crippen molar-refractivity contribution in [2.75, 3.05) is 5.73 Å². The first kappa shape index (κ1) is 14.8. The summed E-state index contributed by atoms with van der Waals surface area (Å²) in [6.45, 7) is 8.09. The molecule has 2 rings (SSSR count). The number of rotatable bonds is 4. The molecule has 0 saturated heterocycles. The highest BCUT2D eigenvalue weighted by Crippen LogP contribution is 2.32. The minimum atomic E-state index is -0.224. The van der Waals surface area contributed by atoms with E-state index in [4.69, 9.17) is 5.73 Å². The zero-order valence-electron chi connectivity index (χ0n) is 12.4. The van der Waals surface area contributed by atoms with E-state index in [1.165, 1.54) is 11.3 Å². The number of nitrogens with one attached hydrogen (secondary N) is 1. The van der Waals surface area contributed by atoms with Crippen molar-refractivity contribution in [2.24, 2.45) is 0 Å². The molecule has 5 heteroatoms. The fourth-order valence-electron chi connectivity index (χ4n) is 2.31. The monoisotopic (exact) mass is 291 g/mol. The second-order valence-corrected chi connectivity index (χ2v) is 6.74. The van der Waals surface area contributed by atoms with Gasteiger partial charge in [-0.05, 0) is 39.3 Å². The van der Waals surface area contributed by atoms with E-state index in [9.17, 15) is 4.79 Å². The molecule has 0 aromatic carbocycles. The van der Waals surface area contributed by atoms with Crippen molar-refractivity contribution < 1.29 is 4.79 Å². The summed E-state index contributed by atoms with van der Waals surface area (Å²) in [7, 11) is 0. The van der Waals surface area contributed by atoms with Crippen LogP contribution in [-0.2, 0) is 0 Å². The van der Waals surface area contributed by atoms with E-state index in [1.54, 1.807) is 0 Å². The van der Waals surface area contributed by atoms with Gasteiger partial charge in [0.05, 0.1) is 5.69 Å². The summed E-state index contributed by atoms with van der Waals surface area (Å²) in [5.74, 6) is -0.110. The molecule has 0 unspecified atom stereocenters. The van der Waals surface area contributed by atoms with Crippen LogP contribution in [0.3, 0.4) is 0 Å². The predicted octanol–water partition coefficient (Wildman–Crippen LogP) is 3.50. The van der Waals surface area contributed by atoms with Gasteiger partial charge in [0.1, 0.15) is 9.71 Å². The minimum absolute atomic E-state index is 0.110. The lowest BCUT2D eigenvalue weighted by Gasteiger charge is -2.25. The second kappa shape index (κ2) is 5.40. The number of carbonyl (C=O) groups excluding carboxylic acids is 1. The van der Waals surface area contributed by atoms with Crippen LogP contribution in [0.1, 0.15) is 49.0 Å². The smallest absolute Gasteiger partial charge is 0.263 e. The van der Waals surface area contributed by atoms with E-state index >= 15 is 0 Å². The summed E-state index contributed by atoms with van der Waals surface area (Å²) in [5.41, 5.74) is 7.33. The Hall–Kier alpha value is -1.62. The zero-order chi connectivity index (χ0) is 14.9. The lowest BCUT2D eigenvalue weighted by molar-refractivity contribution is 0.0914. The van der Waals surface area contributed by atoms with Crippen LogP contribution in [0.25, 0.3) is 10.2 Å². The number of aryl methyl sites for hydroxylation is 1. The molecule has 0 saturated carbocycles. The average molecular weight is 291 g/mol. The molecule has 0 bridgehead atoms. The SMILES string of the molecule is CCCC(C)(C)NC(=O)c1sc2nc(C)ccc2c1N. The van der Waals surface area contributed by atoms with Crippen LogP contribution in [0.4, 0.5) is 5.69 Å². The Morgan fingerprint density at radius 3 is 2.80 bits per heavy atom. The summed E-state index contributed by atoms with van der Waals surface area (Å²) in [6.07, 6.45) is 1.96. The molecule has 0 spiro atoms. The first-order valence-corrected chi connectivity index (χ1v) is 7.64. The molecule has 0 fully saturated rings. The molecule has 20 heavy (non-hydrogen) atoms. The third-order valence-electron chi connectivity index (χ3n) is 3.27. The molecule has 0 aliphatic heterocycles. The van der Waals surface area contributed by atoms with E-state index < -0.39 is 0 Å². The summed E-state index contributed by atoms with van der Waals surface area (Å²) < 4.78 is 0. The van der Waals surface area contributed by atoms with Gasteiger partial charge < -0.3 is 11.1 Å². The molecule has 2 aromatic rings. The normalized spacial score (nSPS) is 11.8. The molecular formula is C15H21N3OS. The van der Waals surface area contributed by atoms with Gasteiger partial charge in [-0.3, -0.25) is 4.79 Å². The van der Waals surface area contributed by atoms with Crippen molar-refractivity contribution >= 4 is 33.1 Å². The molecule has 3 N–H and O–H groups in total. The number of anilines is 1. The number of aromatic nitrogens is 1. The maximum absolute atomic E-state index is 12.4. The Bertz CT molecular complexity index is 646. The molecule has 108 valence electrons. The molecule has 0 radical (unpaired) electrons. The van der Waals surface area contributed by atoms with Crippen LogP contribution in [0.5, 0.6) is 0 Å². The van der Waals surface area contributed by atoms with Crippen molar-refractivity contribution in [3.63, 3.8) is 0 Å². The van der Waals surface area contributed by atoms with E-state index in [0.717, 1.165) is 28.8 Å². The maximum atomic E-state index is 12.4. The quantitative estimate of drug-likeness (QED) is 0.906. The molecule has 2 heterocycles. The lowest BCUT2D eigenvalue weighted by Crippen LogP contribution is -2.43. The van der Waals surface area contributed by atoms with Gasteiger partial charge in [0.15, 0.2) is 0 Å². The number of hydrogen-bond acceptors (Lipinski definition) is 4. The zero-order valence-corrected chi connectivity index (χ0v) is 13.2. The van der Waals surface area contributed by atoms with Gasteiger partial charge in [-0.25, -0.2) is 4.98 Å². The summed E-state index contributed by atoms with van der Waals surface area (Å²) >= 11 is 1.36. The van der Waals surface area contributed by atoms with Crippen molar-refractivity contribution in [1.82, 2.24) is 10.3 Å². The van der Waals surface area contributed by atoms with E-state index in [1.807, 2.05) is 32.9 Å². The first-order chi connectivity index (χ1) is 9.34. The number of nitrogens with two attached hydrogens (primary N) is 1. The van der Waals surface area contributed by atoms with Gasteiger partial charge in [-0.2, -0.15) is 0 Å². The fraction of sp³-hybridized carbons (Fsp3) is 0.467. The second-order valence-electron chi connectivity index (χ2n) is 5.74. The lowest BCUT2D eigenvalue weighted by atomic mass is 9.99. The number of thiophene rings is 1. The molecule has 0 aliphatic carbocycles. The fourth-order valence-corrected chi connectivity index (χ4v) is 3.34. The Morgan fingerprint density at radius 1 is 1.45 bits per heavy atom. The van der Waals surface area contributed by atoms with Crippen molar-refractivity contribution in [3.05, 3.63) is 22.7 Å². The molecule has 0 aliphatic rings. The Kier molecular flexibility index (Phi) is 3.99. The summed E-state index contributed by atoms with van der Waals surface area (Å²) in [6, 6.07) is 3.84. The number of amides is 1. The van der Waals surface area contributed by atoms with Gasteiger partial charge in [0.2, 0.25) is 0 Å². The van der Waals surface area contributed by atoms with Crippen molar-refractivity contribution in [2.45, 2.75) is 46.1 Å². The van der Waals surface area contributed by atoms with Crippen LogP contribution < -0.4 is 11.1 Å². The van der Waals surface area contributed by atoms with Gasteiger partial charge in [-0.15, -0.1) is 11.3 Å². The predicted molar refractivity (Wildman–Crippen MR) is 85.2 cm³/mol. The van der Waals surface area contributed by atoms with Crippen LogP contribution >= 0.6 is 11.3 Å². The van der Waals surface area contributed by atoms with Gasteiger partial charge in [0, 0.05) is 16.6 Å². The number of carbonyl (C=O) groups is 1. The molecule has 2 aromatic heterocycles. The Labute approximate surface area is 123 Å². The standard InChI is InChI=1S/C15H21N3OS/c1-5-8-15(3,4)18-13(19)12-11(16)10-7-6-9(2)17-14(10)20-12/h6-7H,5,8,16H2,1-4H3,(H,18,19). The van der Waals surface area contributed by atoms with Crippen molar-refractivity contribution in [1.29, 1.82) is 0 Å². The number of nitrogen functional groups attached to an aromatic ring is 1. The maximum Gasteiger partial charge on any atom is 0.263 e. The third-order valence-corrected chi connectivity index (χ3v) is 4.38. The number of pyridine rings is 1. The molecular weight excluding hydrogens is 270 g/mol. The van der Waals surface area contributed by atoms with Crippen LogP contribution in [0, 0.1) is 6.92 Å². The number of fused-ring (bicyclic) bond motifs is 1. The van der Waals surface area contributed by atoms with Gasteiger partial charge in [0.25, 0.3) is 5.91 Å². The highest BCUT2D eigenvalue weighted by atomic mass is 32.1. The van der Waals surface area contributed by atoms with E-state index in [-0.39, 0.29) is 11.4 Å². The van der Waals surface area contributed by atoms with Gasteiger partial charge >= 0.3 is 0 Å². The Morgan fingerprint density at radius 2 is 2.15 bits per heavy atom. The van der Waals surface area contributed by atoms with Gasteiger partial charge in [-0.1, -0.05) is 13.3 Å². The van der Waals surface area contributed by atoms with Crippen molar-refractivity contribution in [3.8, 4) is 0 Å². The largest absolute Gasteiger partial charge is 0.397 e. The topological polar surface area (TPSA) is 68.0 Å². The molecule has 1 amide bonds. The molecule has 4 nitrogen and oxygen atoms in total. The summed E-state index contributed by atoms with van der Waals surface area (Å²) in [4.78, 5) is 18.2. The Balaban J connectivity index is 2.33. The third kappa shape index (κ3) is 2.93. The van der Waals surface area contributed by atoms with Crippen LogP contribution in [0.2, 0.25) is 0 Å².